The molecule has 1 unspecified atom stereocenters. The van der Waals surface area contributed by atoms with Gasteiger partial charge in [0, 0.05) is 0 Å². The number of nitrogens with two attached hydrogens (primary N) is 1. The molecule has 1 heterocycles. The molecule has 1 aliphatic rings. The van der Waals surface area contributed by atoms with E-state index in [2.05, 4.69) is 19.9 Å². The first-order chi connectivity index (χ1) is 6.70. The van der Waals surface area contributed by atoms with Gasteiger partial charge in [0.15, 0.2) is 0 Å². The predicted molar refractivity (Wildman–Crippen MR) is 58.5 cm³/mol. The summed E-state index contributed by atoms with van der Waals surface area (Å²) >= 11 is 0. The summed E-state index contributed by atoms with van der Waals surface area (Å²) in [5.41, 5.74) is 7.93. The summed E-state index contributed by atoms with van der Waals surface area (Å²) in [6, 6.07) is 6.05. The van der Waals surface area contributed by atoms with Crippen LogP contribution in [0.25, 0.3) is 0 Å². The van der Waals surface area contributed by atoms with E-state index in [1.807, 2.05) is 12.1 Å². The zero-order valence-corrected chi connectivity index (χ0v) is 8.79. The average molecular weight is 191 g/mol. The van der Waals surface area contributed by atoms with Gasteiger partial charge in [0.1, 0.15) is 5.75 Å². The van der Waals surface area contributed by atoms with Crippen LogP contribution in [0.3, 0.4) is 0 Å². The minimum Gasteiger partial charge on any atom is -0.491 e. The van der Waals surface area contributed by atoms with Gasteiger partial charge in [-0.2, -0.15) is 0 Å². The molecule has 0 bridgehead atoms. The van der Waals surface area contributed by atoms with Crippen LogP contribution in [0.5, 0.6) is 5.75 Å². The molecule has 2 nitrogen and oxygen atoms in total. The third kappa shape index (κ3) is 1.45. The highest BCUT2D eigenvalue weighted by Gasteiger charge is 2.24. The highest BCUT2D eigenvalue weighted by atomic mass is 16.5. The molecule has 0 aliphatic carbocycles. The smallest absolute Gasteiger partial charge is 0.145 e. The molecule has 1 aromatic carbocycles. The van der Waals surface area contributed by atoms with Gasteiger partial charge in [-0.1, -0.05) is 26.0 Å². The summed E-state index contributed by atoms with van der Waals surface area (Å²) in [6.07, 6.45) is 1.11. The summed E-state index contributed by atoms with van der Waals surface area (Å²) in [6.45, 7) is 5.30. The van der Waals surface area contributed by atoms with Crippen molar-refractivity contribution in [1.82, 2.24) is 0 Å². The van der Waals surface area contributed by atoms with E-state index in [0.717, 1.165) is 24.5 Å². The number of hydrogen-bond donors (Lipinski definition) is 1. The van der Waals surface area contributed by atoms with Gasteiger partial charge in [-0.3, -0.25) is 0 Å². The number of nitrogen functional groups attached to an aromatic ring is 1. The maximum atomic E-state index is 5.88. The maximum absolute atomic E-state index is 5.88. The van der Waals surface area contributed by atoms with Crippen molar-refractivity contribution < 1.29 is 4.74 Å². The number of fused-ring (bicyclic) bond motifs is 1. The van der Waals surface area contributed by atoms with E-state index in [0.29, 0.717) is 11.8 Å². The molecule has 0 saturated heterocycles. The summed E-state index contributed by atoms with van der Waals surface area (Å²) in [7, 11) is 0. The number of anilines is 1. The van der Waals surface area contributed by atoms with Crippen molar-refractivity contribution in [3.05, 3.63) is 23.8 Å². The Kier molecular flexibility index (Phi) is 2.36. The summed E-state index contributed by atoms with van der Waals surface area (Å²) in [4.78, 5) is 0. The summed E-state index contributed by atoms with van der Waals surface area (Å²) in [5.74, 6) is 2.17. The lowest BCUT2D eigenvalue weighted by Gasteiger charge is -2.29. The quantitative estimate of drug-likeness (QED) is 0.693. The lowest BCUT2D eigenvalue weighted by Crippen LogP contribution is -2.19. The van der Waals surface area contributed by atoms with Crippen LogP contribution < -0.4 is 10.5 Å². The molecule has 1 aromatic rings. The molecule has 0 saturated carbocycles. The fourth-order valence-electron chi connectivity index (χ4n) is 2.17. The summed E-state index contributed by atoms with van der Waals surface area (Å²) < 4.78 is 5.61. The lowest BCUT2D eigenvalue weighted by atomic mass is 9.84. The van der Waals surface area contributed by atoms with Crippen molar-refractivity contribution in [2.24, 2.45) is 5.92 Å². The monoisotopic (exact) mass is 191 g/mol. The number of rotatable bonds is 1. The fraction of sp³-hybridized carbons (Fsp3) is 0.500. The van der Waals surface area contributed by atoms with Crippen LogP contribution in [0.15, 0.2) is 18.2 Å². The van der Waals surface area contributed by atoms with Crippen LogP contribution in [0.4, 0.5) is 5.69 Å². The molecule has 1 atom stereocenters. The molecule has 0 fully saturated rings. The lowest BCUT2D eigenvalue weighted by molar-refractivity contribution is 0.249. The molecular weight excluding hydrogens is 174 g/mol. The van der Waals surface area contributed by atoms with Gasteiger partial charge in [-0.25, -0.2) is 0 Å². The highest BCUT2D eigenvalue weighted by molar-refractivity contribution is 5.58. The Hall–Kier alpha value is -1.18. The molecule has 76 valence electrons. The SMILES string of the molecule is CC(C)C1CCOc2c(N)cccc21. The maximum Gasteiger partial charge on any atom is 0.145 e. The zero-order chi connectivity index (χ0) is 10.1. The van der Waals surface area contributed by atoms with Crippen LogP contribution in [0.2, 0.25) is 0 Å². The van der Waals surface area contributed by atoms with E-state index in [4.69, 9.17) is 10.5 Å². The number of ether oxygens (including phenoxy) is 1. The van der Waals surface area contributed by atoms with Crippen molar-refractivity contribution in [3.63, 3.8) is 0 Å². The van der Waals surface area contributed by atoms with E-state index < -0.39 is 0 Å². The van der Waals surface area contributed by atoms with E-state index in [9.17, 15) is 0 Å². The molecular formula is C12H17NO. The molecule has 1 aliphatic heterocycles. The Morgan fingerprint density at radius 2 is 2.21 bits per heavy atom. The van der Waals surface area contributed by atoms with Crippen molar-refractivity contribution >= 4 is 5.69 Å². The Bertz CT molecular complexity index is 333. The molecule has 0 radical (unpaired) electrons. The third-order valence-electron chi connectivity index (χ3n) is 2.96. The Balaban J connectivity index is 2.44. The zero-order valence-electron chi connectivity index (χ0n) is 8.79. The minimum atomic E-state index is 0.599. The molecule has 0 aromatic heterocycles. The van der Waals surface area contributed by atoms with Gasteiger partial charge in [-0.15, -0.1) is 0 Å². The van der Waals surface area contributed by atoms with Crippen LogP contribution in [-0.4, -0.2) is 6.61 Å². The van der Waals surface area contributed by atoms with Gasteiger partial charge in [-0.05, 0) is 29.9 Å². The van der Waals surface area contributed by atoms with Crippen molar-refractivity contribution in [2.45, 2.75) is 26.2 Å². The second-order valence-electron chi connectivity index (χ2n) is 4.25. The van der Waals surface area contributed by atoms with Gasteiger partial charge in [0.2, 0.25) is 0 Å². The van der Waals surface area contributed by atoms with Crippen LogP contribution in [-0.2, 0) is 0 Å². The highest BCUT2D eigenvalue weighted by Crippen LogP contribution is 2.40. The van der Waals surface area contributed by atoms with E-state index in [1.54, 1.807) is 0 Å². The van der Waals surface area contributed by atoms with E-state index in [1.165, 1.54) is 5.56 Å². The van der Waals surface area contributed by atoms with Crippen molar-refractivity contribution in [1.29, 1.82) is 0 Å². The average Bonchev–Trinajstić information content (AvgIpc) is 2.17. The first-order valence-corrected chi connectivity index (χ1v) is 5.21. The number of para-hydroxylation sites is 1. The third-order valence-corrected chi connectivity index (χ3v) is 2.96. The molecule has 14 heavy (non-hydrogen) atoms. The topological polar surface area (TPSA) is 35.2 Å². The van der Waals surface area contributed by atoms with E-state index in [-0.39, 0.29) is 0 Å². The molecule has 0 spiro atoms. The normalized spacial score (nSPS) is 20.4. The second kappa shape index (κ2) is 3.52. The van der Waals surface area contributed by atoms with Crippen LogP contribution in [0.1, 0.15) is 31.7 Å². The van der Waals surface area contributed by atoms with Gasteiger partial charge in [0.05, 0.1) is 12.3 Å². The van der Waals surface area contributed by atoms with Crippen LogP contribution in [0, 0.1) is 5.92 Å². The minimum absolute atomic E-state index is 0.599. The number of hydrogen-bond acceptors (Lipinski definition) is 2. The van der Waals surface area contributed by atoms with Crippen molar-refractivity contribution in [3.8, 4) is 5.75 Å². The van der Waals surface area contributed by atoms with Gasteiger partial charge in [0.25, 0.3) is 0 Å². The molecule has 0 amide bonds. The van der Waals surface area contributed by atoms with Crippen molar-refractivity contribution in [2.75, 3.05) is 12.3 Å². The Labute approximate surface area is 85.1 Å². The summed E-state index contributed by atoms with van der Waals surface area (Å²) in [5, 5.41) is 0. The number of benzene rings is 1. The van der Waals surface area contributed by atoms with Gasteiger partial charge >= 0.3 is 0 Å². The van der Waals surface area contributed by atoms with Gasteiger partial charge < -0.3 is 10.5 Å². The van der Waals surface area contributed by atoms with E-state index >= 15 is 0 Å². The first kappa shape index (κ1) is 9.38. The largest absolute Gasteiger partial charge is 0.491 e. The molecule has 2 heteroatoms. The first-order valence-electron chi connectivity index (χ1n) is 5.21. The molecule has 2 N–H and O–H groups in total. The Morgan fingerprint density at radius 1 is 1.43 bits per heavy atom. The fourth-order valence-corrected chi connectivity index (χ4v) is 2.17. The predicted octanol–water partition coefficient (Wildman–Crippen LogP) is 2.79. The Morgan fingerprint density at radius 3 is 2.93 bits per heavy atom. The second-order valence-corrected chi connectivity index (χ2v) is 4.25. The van der Waals surface area contributed by atoms with Crippen LogP contribution >= 0.6 is 0 Å². The standard InChI is InChI=1S/C12H17NO/c1-8(2)9-6-7-14-12-10(9)4-3-5-11(12)13/h3-5,8-9H,6-7,13H2,1-2H3. The molecule has 2 rings (SSSR count).